The van der Waals surface area contributed by atoms with E-state index in [1.165, 1.54) is 0 Å². The lowest BCUT2D eigenvalue weighted by Crippen LogP contribution is -2.28. The van der Waals surface area contributed by atoms with Gasteiger partial charge in [-0.15, -0.1) is 11.8 Å². The van der Waals surface area contributed by atoms with Gasteiger partial charge in [-0.25, -0.2) is 0 Å². The molecule has 3 nitrogen and oxygen atoms in total. The molecule has 0 fully saturated rings. The number of hydrogen-bond donors (Lipinski definition) is 2. The van der Waals surface area contributed by atoms with Gasteiger partial charge in [-0.1, -0.05) is 6.07 Å². The highest BCUT2D eigenvalue weighted by Gasteiger charge is 2.07. The molecule has 0 aliphatic rings. The Hall–Kier alpha value is -1.37. The molecule has 1 unspecified atom stereocenters. The van der Waals surface area contributed by atoms with Crippen LogP contribution in [0, 0.1) is 11.8 Å². The summed E-state index contributed by atoms with van der Waals surface area (Å²) in [6.07, 6.45) is 2.43. The third-order valence-electron chi connectivity index (χ3n) is 1.73. The molecule has 0 radical (unpaired) electrons. The van der Waals surface area contributed by atoms with Gasteiger partial charge >= 0.3 is 0 Å². The molecule has 0 aliphatic carbocycles. The minimum atomic E-state index is 0.0219. The Balaban J connectivity index is 2.70. The second-order valence-electron chi connectivity index (χ2n) is 2.60. The Kier molecular flexibility index (Phi) is 3.97. The third kappa shape index (κ3) is 2.86. The molecule has 0 saturated carbocycles. The summed E-state index contributed by atoms with van der Waals surface area (Å²) in [7, 11) is 0. The van der Waals surface area contributed by atoms with Crippen molar-refractivity contribution in [3.05, 3.63) is 30.1 Å². The van der Waals surface area contributed by atoms with Crippen LogP contribution in [0.3, 0.4) is 0 Å². The predicted octanol–water partition coefficient (Wildman–Crippen LogP) is 0.999. The molecule has 0 bridgehead atoms. The molecule has 0 amide bonds. The van der Waals surface area contributed by atoms with Crippen molar-refractivity contribution in [2.75, 3.05) is 0 Å². The summed E-state index contributed by atoms with van der Waals surface area (Å²) in [6, 6.07) is 5.77. The van der Waals surface area contributed by atoms with E-state index in [1.54, 1.807) is 6.20 Å². The summed E-state index contributed by atoms with van der Waals surface area (Å²) >= 11 is 0. The van der Waals surface area contributed by atoms with Crippen LogP contribution >= 0.6 is 0 Å². The molecular formula is C10H13N3. The smallest absolute Gasteiger partial charge is 0.0741 e. The molecule has 3 heteroatoms. The first-order valence-electron chi connectivity index (χ1n) is 4.15. The van der Waals surface area contributed by atoms with Gasteiger partial charge < -0.3 is 0 Å². The van der Waals surface area contributed by atoms with E-state index in [-0.39, 0.29) is 6.04 Å². The monoisotopic (exact) mass is 175 g/mol. The van der Waals surface area contributed by atoms with Crippen LogP contribution in [0.2, 0.25) is 0 Å². The first kappa shape index (κ1) is 9.72. The van der Waals surface area contributed by atoms with Crippen molar-refractivity contribution >= 4 is 0 Å². The predicted molar refractivity (Wildman–Crippen MR) is 52.4 cm³/mol. The van der Waals surface area contributed by atoms with E-state index in [0.29, 0.717) is 6.42 Å². The Bertz CT molecular complexity index is 297. The Morgan fingerprint density at radius 1 is 1.62 bits per heavy atom. The molecule has 1 rings (SSSR count). The lowest BCUT2D eigenvalue weighted by atomic mass is 10.1. The second kappa shape index (κ2) is 5.31. The van der Waals surface area contributed by atoms with Crippen molar-refractivity contribution in [1.29, 1.82) is 0 Å². The van der Waals surface area contributed by atoms with E-state index in [1.807, 2.05) is 25.1 Å². The van der Waals surface area contributed by atoms with Crippen LogP contribution < -0.4 is 11.3 Å². The maximum atomic E-state index is 5.39. The average molecular weight is 175 g/mol. The Morgan fingerprint density at radius 3 is 3.00 bits per heavy atom. The minimum Gasteiger partial charge on any atom is -0.271 e. The lowest BCUT2D eigenvalue weighted by molar-refractivity contribution is 0.553. The van der Waals surface area contributed by atoms with Crippen molar-refractivity contribution in [3.8, 4) is 11.8 Å². The van der Waals surface area contributed by atoms with Crippen LogP contribution in [0.1, 0.15) is 25.1 Å². The number of pyridine rings is 1. The summed E-state index contributed by atoms with van der Waals surface area (Å²) < 4.78 is 0. The Labute approximate surface area is 78.3 Å². The molecule has 1 heterocycles. The molecule has 0 saturated heterocycles. The summed E-state index contributed by atoms with van der Waals surface area (Å²) in [5, 5.41) is 0. The van der Waals surface area contributed by atoms with E-state index >= 15 is 0 Å². The number of nitrogens with zero attached hydrogens (tertiary/aromatic N) is 1. The highest BCUT2D eigenvalue weighted by Crippen LogP contribution is 2.11. The highest BCUT2D eigenvalue weighted by molar-refractivity contribution is 5.11. The molecule has 1 aromatic rings. The molecule has 13 heavy (non-hydrogen) atoms. The van der Waals surface area contributed by atoms with Crippen LogP contribution in [0.4, 0.5) is 0 Å². The summed E-state index contributed by atoms with van der Waals surface area (Å²) in [4.78, 5) is 4.19. The summed E-state index contributed by atoms with van der Waals surface area (Å²) in [5.41, 5.74) is 3.61. The molecule has 0 aliphatic heterocycles. The Morgan fingerprint density at radius 2 is 2.46 bits per heavy atom. The molecule has 0 aromatic carbocycles. The SMILES string of the molecule is CC#CCC(NN)c1ccccn1. The van der Waals surface area contributed by atoms with E-state index < -0.39 is 0 Å². The van der Waals surface area contributed by atoms with Crippen LogP contribution in [0.25, 0.3) is 0 Å². The van der Waals surface area contributed by atoms with Gasteiger partial charge in [0.2, 0.25) is 0 Å². The lowest BCUT2D eigenvalue weighted by Gasteiger charge is -2.11. The third-order valence-corrected chi connectivity index (χ3v) is 1.73. The van der Waals surface area contributed by atoms with Crippen LogP contribution in [-0.4, -0.2) is 4.98 Å². The van der Waals surface area contributed by atoms with Crippen LogP contribution in [0.5, 0.6) is 0 Å². The number of nitrogens with two attached hydrogens (primary N) is 1. The number of hydrazine groups is 1. The van der Waals surface area contributed by atoms with E-state index in [9.17, 15) is 0 Å². The standard InChI is InChI=1S/C10H13N3/c1-2-3-6-10(13-11)9-7-4-5-8-12-9/h4-5,7-8,10,13H,6,11H2,1H3. The minimum absolute atomic E-state index is 0.0219. The highest BCUT2D eigenvalue weighted by atomic mass is 15.2. The van der Waals surface area contributed by atoms with Crippen molar-refractivity contribution in [1.82, 2.24) is 10.4 Å². The van der Waals surface area contributed by atoms with Gasteiger partial charge in [0.05, 0.1) is 11.7 Å². The fourth-order valence-corrected chi connectivity index (χ4v) is 1.04. The van der Waals surface area contributed by atoms with Gasteiger partial charge in [-0.2, -0.15) is 0 Å². The van der Waals surface area contributed by atoms with Gasteiger partial charge in [0.1, 0.15) is 0 Å². The zero-order valence-electron chi connectivity index (χ0n) is 7.62. The largest absolute Gasteiger partial charge is 0.271 e. The topological polar surface area (TPSA) is 50.9 Å². The molecular weight excluding hydrogens is 162 g/mol. The van der Waals surface area contributed by atoms with Gasteiger partial charge in [-0.3, -0.25) is 16.3 Å². The van der Waals surface area contributed by atoms with Crippen LogP contribution in [-0.2, 0) is 0 Å². The quantitative estimate of drug-likeness (QED) is 0.409. The van der Waals surface area contributed by atoms with Gasteiger partial charge in [0.15, 0.2) is 0 Å². The maximum absolute atomic E-state index is 5.39. The molecule has 1 aromatic heterocycles. The van der Waals surface area contributed by atoms with Gasteiger partial charge in [0, 0.05) is 12.6 Å². The van der Waals surface area contributed by atoms with Crippen LogP contribution in [0.15, 0.2) is 24.4 Å². The zero-order chi connectivity index (χ0) is 9.52. The molecule has 68 valence electrons. The summed E-state index contributed by atoms with van der Waals surface area (Å²) in [5.74, 6) is 11.2. The first-order chi connectivity index (χ1) is 6.38. The number of nitrogens with one attached hydrogen (secondary N) is 1. The summed E-state index contributed by atoms with van der Waals surface area (Å²) in [6.45, 7) is 1.81. The molecule has 0 spiro atoms. The van der Waals surface area contributed by atoms with Crippen molar-refractivity contribution < 1.29 is 0 Å². The van der Waals surface area contributed by atoms with E-state index in [2.05, 4.69) is 22.3 Å². The van der Waals surface area contributed by atoms with Gasteiger partial charge in [-0.05, 0) is 19.1 Å². The number of rotatable bonds is 3. The average Bonchev–Trinajstić information content (AvgIpc) is 2.21. The van der Waals surface area contributed by atoms with E-state index in [0.717, 1.165) is 5.69 Å². The van der Waals surface area contributed by atoms with Crippen molar-refractivity contribution in [2.45, 2.75) is 19.4 Å². The number of aromatic nitrogens is 1. The second-order valence-corrected chi connectivity index (χ2v) is 2.60. The molecule has 3 N–H and O–H groups in total. The fraction of sp³-hybridized carbons (Fsp3) is 0.300. The molecule has 1 atom stereocenters. The van der Waals surface area contributed by atoms with Crippen molar-refractivity contribution in [3.63, 3.8) is 0 Å². The van der Waals surface area contributed by atoms with E-state index in [4.69, 9.17) is 5.84 Å². The van der Waals surface area contributed by atoms with Crippen molar-refractivity contribution in [2.24, 2.45) is 5.84 Å². The zero-order valence-corrected chi connectivity index (χ0v) is 7.62. The fourth-order valence-electron chi connectivity index (χ4n) is 1.04. The number of hydrogen-bond acceptors (Lipinski definition) is 3. The first-order valence-corrected chi connectivity index (χ1v) is 4.15. The van der Waals surface area contributed by atoms with Gasteiger partial charge in [0.25, 0.3) is 0 Å². The normalized spacial score (nSPS) is 11.5. The maximum Gasteiger partial charge on any atom is 0.0741 e.